The van der Waals surface area contributed by atoms with Gasteiger partial charge in [0, 0.05) is 42.3 Å². The molecule has 0 aliphatic rings. The first-order valence-electron chi connectivity index (χ1n) is 8.52. The minimum absolute atomic E-state index is 0.0526. The van der Waals surface area contributed by atoms with E-state index in [1.165, 1.54) is 14.2 Å². The van der Waals surface area contributed by atoms with Crippen LogP contribution in [0.3, 0.4) is 0 Å². The topological polar surface area (TPSA) is 82.5 Å². The van der Waals surface area contributed by atoms with Crippen molar-refractivity contribution in [2.75, 3.05) is 19.5 Å². The molecule has 0 aliphatic carbocycles. The van der Waals surface area contributed by atoms with Crippen molar-refractivity contribution in [3.63, 3.8) is 0 Å². The Kier molecular flexibility index (Phi) is 5.12. The number of anilines is 1. The number of rotatable bonds is 5. The Labute approximate surface area is 156 Å². The zero-order valence-electron chi connectivity index (χ0n) is 15.7. The van der Waals surface area contributed by atoms with E-state index in [1.807, 2.05) is 13.8 Å². The summed E-state index contributed by atoms with van der Waals surface area (Å²) in [5, 5.41) is 3.16. The number of carbonyl (C=O) groups excluding carboxylic acids is 1. The first-order chi connectivity index (χ1) is 13.0. The van der Waals surface area contributed by atoms with Gasteiger partial charge in [0.15, 0.2) is 0 Å². The number of nitrogens with zero attached hydrogens (tertiary/aromatic N) is 2. The van der Waals surface area contributed by atoms with E-state index in [4.69, 9.17) is 9.47 Å². The smallest absolute Gasteiger partial charge is 0.261 e. The number of aryl methyl sites for hydroxylation is 2. The average molecular weight is 367 g/mol. The molecule has 2 aromatic heterocycles. The number of carbonyl (C=O) groups is 1. The monoisotopic (exact) mass is 367 g/mol. The van der Waals surface area contributed by atoms with Gasteiger partial charge in [-0.15, -0.1) is 0 Å². The molecule has 0 unspecified atom stereocenters. The number of hydrogen-bond acceptors (Lipinski definition) is 5. The van der Waals surface area contributed by atoms with Crippen molar-refractivity contribution in [2.24, 2.45) is 0 Å². The summed E-state index contributed by atoms with van der Waals surface area (Å²) in [6, 6.07) is 8.48. The zero-order chi connectivity index (χ0) is 19.6. The van der Waals surface area contributed by atoms with Gasteiger partial charge in [0.25, 0.3) is 5.91 Å². The van der Waals surface area contributed by atoms with Gasteiger partial charge in [-0.25, -0.2) is 4.98 Å². The molecule has 3 aromatic rings. The van der Waals surface area contributed by atoms with Gasteiger partial charge in [-0.2, -0.15) is 0 Å². The largest absolute Gasteiger partial charge is 0.497 e. The van der Waals surface area contributed by atoms with Crippen molar-refractivity contribution in [2.45, 2.75) is 20.4 Å². The fraction of sp³-hybridized carbons (Fsp3) is 0.250. The van der Waals surface area contributed by atoms with Crippen LogP contribution >= 0.6 is 0 Å². The summed E-state index contributed by atoms with van der Waals surface area (Å²) in [5.41, 5.74) is 1.55. The molecule has 7 heteroatoms. The van der Waals surface area contributed by atoms with Crippen molar-refractivity contribution in [3.8, 4) is 11.5 Å². The van der Waals surface area contributed by atoms with E-state index in [9.17, 15) is 9.59 Å². The molecule has 7 nitrogen and oxygen atoms in total. The molecule has 0 spiro atoms. The molecule has 0 saturated heterocycles. The predicted molar refractivity (Wildman–Crippen MR) is 104 cm³/mol. The second kappa shape index (κ2) is 7.49. The third-order valence-electron chi connectivity index (χ3n) is 4.26. The van der Waals surface area contributed by atoms with Crippen LogP contribution in [0.25, 0.3) is 11.0 Å². The van der Waals surface area contributed by atoms with E-state index in [0.717, 1.165) is 5.69 Å². The standard InChI is InChI=1S/C20H21N3O4/c1-5-23-11-17(18(24)16-7-6-12(2)21-19(16)23)20(25)22-13-8-14(26-3)10-15(9-13)27-4/h6-11H,5H2,1-4H3,(H,22,25). The fourth-order valence-electron chi connectivity index (χ4n) is 2.84. The number of benzene rings is 1. The summed E-state index contributed by atoms with van der Waals surface area (Å²) in [5.74, 6) is 0.572. The van der Waals surface area contributed by atoms with Gasteiger partial charge in [0.2, 0.25) is 5.43 Å². The lowest BCUT2D eigenvalue weighted by atomic mass is 10.1. The van der Waals surface area contributed by atoms with Crippen molar-refractivity contribution in [1.82, 2.24) is 9.55 Å². The number of hydrogen-bond donors (Lipinski definition) is 1. The molecule has 1 N–H and O–H groups in total. The van der Waals surface area contributed by atoms with Crippen LogP contribution in [0.15, 0.2) is 41.3 Å². The molecular formula is C20H21N3O4. The Morgan fingerprint density at radius 1 is 1.15 bits per heavy atom. The van der Waals surface area contributed by atoms with E-state index in [2.05, 4.69) is 10.3 Å². The molecule has 0 bridgehead atoms. The van der Waals surface area contributed by atoms with Crippen LogP contribution in [0, 0.1) is 6.92 Å². The van der Waals surface area contributed by atoms with E-state index in [0.29, 0.717) is 34.8 Å². The lowest BCUT2D eigenvalue weighted by molar-refractivity contribution is 0.102. The van der Waals surface area contributed by atoms with Crippen LogP contribution in [-0.4, -0.2) is 29.7 Å². The molecule has 2 heterocycles. The quantitative estimate of drug-likeness (QED) is 0.750. The maximum atomic E-state index is 12.8. The van der Waals surface area contributed by atoms with Gasteiger partial charge >= 0.3 is 0 Å². The Balaban J connectivity index is 2.05. The van der Waals surface area contributed by atoms with Crippen LogP contribution in [0.2, 0.25) is 0 Å². The van der Waals surface area contributed by atoms with E-state index in [1.54, 1.807) is 41.1 Å². The highest BCUT2D eigenvalue weighted by Gasteiger charge is 2.17. The van der Waals surface area contributed by atoms with E-state index < -0.39 is 5.91 Å². The molecule has 0 radical (unpaired) electrons. The molecule has 0 fully saturated rings. The molecule has 140 valence electrons. The van der Waals surface area contributed by atoms with Crippen LogP contribution in [-0.2, 0) is 6.54 Å². The Morgan fingerprint density at radius 2 is 1.81 bits per heavy atom. The molecule has 0 atom stereocenters. The molecule has 1 amide bonds. The van der Waals surface area contributed by atoms with Crippen LogP contribution in [0.1, 0.15) is 23.0 Å². The Morgan fingerprint density at radius 3 is 2.41 bits per heavy atom. The summed E-state index contributed by atoms with van der Waals surface area (Å²) in [6.45, 7) is 4.38. The van der Waals surface area contributed by atoms with E-state index in [-0.39, 0.29) is 11.0 Å². The lowest BCUT2D eigenvalue weighted by Gasteiger charge is -2.12. The average Bonchev–Trinajstić information content (AvgIpc) is 2.67. The minimum Gasteiger partial charge on any atom is -0.497 e. The molecule has 27 heavy (non-hydrogen) atoms. The van der Waals surface area contributed by atoms with Gasteiger partial charge in [-0.05, 0) is 26.0 Å². The normalized spacial score (nSPS) is 10.7. The first kappa shape index (κ1) is 18.4. The third kappa shape index (κ3) is 3.62. The summed E-state index contributed by atoms with van der Waals surface area (Å²) in [4.78, 5) is 30.0. The van der Waals surface area contributed by atoms with Gasteiger partial charge in [-0.3, -0.25) is 9.59 Å². The van der Waals surface area contributed by atoms with Gasteiger partial charge in [-0.1, -0.05) is 0 Å². The molecule has 0 saturated carbocycles. The molecule has 0 aliphatic heterocycles. The first-order valence-corrected chi connectivity index (χ1v) is 8.52. The second-order valence-electron chi connectivity index (χ2n) is 6.04. The predicted octanol–water partition coefficient (Wildman–Crippen LogP) is 2.99. The van der Waals surface area contributed by atoms with Crippen molar-refractivity contribution >= 4 is 22.6 Å². The van der Waals surface area contributed by atoms with Gasteiger partial charge in [0.05, 0.1) is 19.6 Å². The summed E-state index contributed by atoms with van der Waals surface area (Å²) >= 11 is 0. The molecule has 3 rings (SSSR count). The van der Waals surface area contributed by atoms with Crippen LogP contribution in [0.5, 0.6) is 11.5 Å². The number of methoxy groups -OCH3 is 2. The SMILES string of the molecule is CCn1cc(C(=O)Nc2cc(OC)cc(OC)c2)c(=O)c2ccc(C)nc21. The lowest BCUT2D eigenvalue weighted by Crippen LogP contribution is -2.24. The number of aromatic nitrogens is 2. The third-order valence-corrected chi connectivity index (χ3v) is 4.26. The van der Waals surface area contributed by atoms with Gasteiger partial charge < -0.3 is 19.4 Å². The highest BCUT2D eigenvalue weighted by atomic mass is 16.5. The minimum atomic E-state index is -0.500. The Hall–Kier alpha value is -3.35. The fourth-order valence-corrected chi connectivity index (χ4v) is 2.84. The number of nitrogens with one attached hydrogen (secondary N) is 1. The highest BCUT2D eigenvalue weighted by Crippen LogP contribution is 2.26. The van der Waals surface area contributed by atoms with Crippen LogP contribution < -0.4 is 20.2 Å². The second-order valence-corrected chi connectivity index (χ2v) is 6.04. The van der Waals surface area contributed by atoms with E-state index >= 15 is 0 Å². The van der Waals surface area contributed by atoms with Crippen molar-refractivity contribution in [3.05, 3.63) is 58.0 Å². The highest BCUT2D eigenvalue weighted by molar-refractivity contribution is 6.05. The van der Waals surface area contributed by atoms with Crippen molar-refractivity contribution < 1.29 is 14.3 Å². The summed E-state index contributed by atoms with van der Waals surface area (Å²) in [7, 11) is 3.05. The molecular weight excluding hydrogens is 346 g/mol. The van der Waals surface area contributed by atoms with Crippen molar-refractivity contribution in [1.29, 1.82) is 0 Å². The summed E-state index contributed by atoms with van der Waals surface area (Å²) in [6.07, 6.45) is 1.55. The van der Waals surface area contributed by atoms with Gasteiger partial charge in [0.1, 0.15) is 22.7 Å². The Bertz CT molecular complexity index is 1050. The maximum Gasteiger partial charge on any atom is 0.261 e. The number of ether oxygens (including phenoxy) is 2. The number of amides is 1. The maximum absolute atomic E-state index is 12.8. The van der Waals surface area contributed by atoms with Crippen LogP contribution in [0.4, 0.5) is 5.69 Å². The zero-order valence-corrected chi connectivity index (χ0v) is 15.7. The molecule has 1 aromatic carbocycles. The number of pyridine rings is 2. The number of fused-ring (bicyclic) bond motifs is 1. The summed E-state index contributed by atoms with van der Waals surface area (Å²) < 4.78 is 12.2.